The van der Waals surface area contributed by atoms with Crippen molar-refractivity contribution in [2.75, 3.05) is 0 Å². The Hall–Kier alpha value is -2.20. The van der Waals surface area contributed by atoms with Crippen molar-refractivity contribution in [3.8, 4) is 0 Å². The van der Waals surface area contributed by atoms with E-state index in [1.807, 2.05) is 5.32 Å². The first-order chi connectivity index (χ1) is 12.8. The molecule has 0 fully saturated rings. The smallest absolute Gasteiger partial charge is 0.367 e. The lowest BCUT2D eigenvalue weighted by Gasteiger charge is -2.32. The van der Waals surface area contributed by atoms with Crippen molar-refractivity contribution in [1.82, 2.24) is 5.32 Å². The van der Waals surface area contributed by atoms with Crippen LogP contribution in [0.4, 0.5) is 35.1 Å². The molecule has 0 bridgehead atoms. The molecular weight excluding hydrogens is 398 g/mol. The first kappa shape index (κ1) is 22.1. The SMILES string of the molecule is OC(Cc1ccccc1)(NCc1cccc(C(F)(F)C(F)(F)F)c1)C(F)(F)F. The van der Waals surface area contributed by atoms with Crippen LogP contribution in [0.5, 0.6) is 0 Å². The minimum Gasteiger partial charge on any atom is -0.367 e. The molecule has 0 aliphatic heterocycles. The second-order valence-electron chi connectivity index (χ2n) is 6.15. The molecule has 0 saturated carbocycles. The summed E-state index contributed by atoms with van der Waals surface area (Å²) in [5, 5.41) is 11.9. The Bertz CT molecular complexity index is 788. The van der Waals surface area contributed by atoms with Gasteiger partial charge in [0.1, 0.15) is 0 Å². The predicted octanol–water partition coefficient (Wildman–Crippen LogP) is 4.92. The lowest BCUT2D eigenvalue weighted by atomic mass is 10.0. The van der Waals surface area contributed by atoms with Crippen molar-refractivity contribution in [3.05, 3.63) is 71.3 Å². The van der Waals surface area contributed by atoms with Crippen LogP contribution in [0, 0.1) is 0 Å². The zero-order valence-electron chi connectivity index (χ0n) is 14.1. The average molecular weight is 413 g/mol. The number of aliphatic hydroxyl groups is 1. The van der Waals surface area contributed by atoms with Crippen LogP contribution in [-0.4, -0.2) is 23.2 Å². The van der Waals surface area contributed by atoms with Crippen LogP contribution in [0.3, 0.4) is 0 Å². The molecular formula is C18H15F8NO. The molecule has 0 heterocycles. The summed E-state index contributed by atoms with van der Waals surface area (Å²) >= 11 is 0. The van der Waals surface area contributed by atoms with Gasteiger partial charge in [-0.25, -0.2) is 0 Å². The van der Waals surface area contributed by atoms with Gasteiger partial charge in [-0.05, 0) is 17.2 Å². The second kappa shape index (κ2) is 7.67. The Labute approximate surface area is 154 Å². The third-order valence-corrected chi connectivity index (χ3v) is 4.00. The quantitative estimate of drug-likeness (QED) is 0.520. The van der Waals surface area contributed by atoms with Gasteiger partial charge in [0, 0.05) is 18.5 Å². The van der Waals surface area contributed by atoms with Gasteiger partial charge < -0.3 is 5.11 Å². The van der Waals surface area contributed by atoms with E-state index in [2.05, 4.69) is 0 Å². The van der Waals surface area contributed by atoms with E-state index in [4.69, 9.17) is 0 Å². The maximum atomic E-state index is 13.4. The normalized spacial score (nSPS) is 15.3. The molecule has 1 atom stereocenters. The van der Waals surface area contributed by atoms with E-state index in [-0.39, 0.29) is 11.1 Å². The van der Waals surface area contributed by atoms with E-state index in [9.17, 15) is 40.2 Å². The standard InChI is InChI=1S/C18H15F8NO/c19-16(20,18(24,25)26)14-8-4-7-13(9-14)11-27-15(28,17(21,22)23)10-12-5-2-1-3-6-12/h1-9,27-28H,10-11H2. The third-order valence-electron chi connectivity index (χ3n) is 4.00. The Balaban J connectivity index is 2.23. The summed E-state index contributed by atoms with van der Waals surface area (Å²) < 4.78 is 104. The maximum Gasteiger partial charge on any atom is 0.458 e. The van der Waals surface area contributed by atoms with Gasteiger partial charge in [0.05, 0.1) is 0 Å². The van der Waals surface area contributed by atoms with Gasteiger partial charge in [0.25, 0.3) is 0 Å². The van der Waals surface area contributed by atoms with E-state index < -0.39 is 42.5 Å². The van der Waals surface area contributed by atoms with Crippen LogP contribution in [0.25, 0.3) is 0 Å². The minimum atomic E-state index is -5.85. The van der Waals surface area contributed by atoms with Crippen molar-refractivity contribution in [1.29, 1.82) is 0 Å². The zero-order chi connectivity index (χ0) is 21.2. The number of hydrogen-bond acceptors (Lipinski definition) is 2. The van der Waals surface area contributed by atoms with Crippen LogP contribution in [0.2, 0.25) is 0 Å². The van der Waals surface area contributed by atoms with Crippen LogP contribution >= 0.6 is 0 Å². The van der Waals surface area contributed by atoms with Gasteiger partial charge in [-0.1, -0.05) is 48.5 Å². The topological polar surface area (TPSA) is 32.3 Å². The molecule has 0 saturated heterocycles. The van der Waals surface area contributed by atoms with Gasteiger partial charge in [-0.3, -0.25) is 5.32 Å². The molecule has 0 amide bonds. The molecule has 10 heteroatoms. The van der Waals surface area contributed by atoms with E-state index >= 15 is 0 Å². The molecule has 0 radical (unpaired) electrons. The van der Waals surface area contributed by atoms with Crippen LogP contribution in [0.1, 0.15) is 16.7 Å². The van der Waals surface area contributed by atoms with Crippen molar-refractivity contribution in [2.24, 2.45) is 0 Å². The van der Waals surface area contributed by atoms with Gasteiger partial charge in [-0.2, -0.15) is 35.1 Å². The largest absolute Gasteiger partial charge is 0.458 e. The summed E-state index contributed by atoms with van der Waals surface area (Å²) in [6.45, 7) is -0.787. The maximum absolute atomic E-state index is 13.4. The summed E-state index contributed by atoms with van der Waals surface area (Å²) in [4.78, 5) is 0. The summed E-state index contributed by atoms with van der Waals surface area (Å²) in [7, 11) is 0. The van der Waals surface area contributed by atoms with Gasteiger partial charge in [-0.15, -0.1) is 0 Å². The average Bonchev–Trinajstić information content (AvgIpc) is 2.59. The summed E-state index contributed by atoms with van der Waals surface area (Å²) in [5.41, 5.74) is -4.95. The molecule has 2 aromatic rings. The highest BCUT2D eigenvalue weighted by Gasteiger charge is 2.58. The Morgan fingerprint density at radius 1 is 0.714 bits per heavy atom. The lowest BCUT2D eigenvalue weighted by molar-refractivity contribution is -0.289. The lowest BCUT2D eigenvalue weighted by Crippen LogP contribution is -2.58. The monoisotopic (exact) mass is 413 g/mol. The van der Waals surface area contributed by atoms with Crippen molar-refractivity contribution < 1.29 is 40.2 Å². The van der Waals surface area contributed by atoms with Gasteiger partial charge >= 0.3 is 18.3 Å². The highest BCUT2D eigenvalue weighted by Crippen LogP contribution is 2.44. The molecule has 1 unspecified atom stereocenters. The number of rotatable bonds is 6. The number of halogens is 8. The number of benzene rings is 2. The van der Waals surface area contributed by atoms with E-state index in [0.717, 1.165) is 12.1 Å². The molecule has 2 aromatic carbocycles. The third kappa shape index (κ3) is 4.79. The number of hydrogen-bond donors (Lipinski definition) is 2. The highest BCUT2D eigenvalue weighted by molar-refractivity contribution is 5.28. The summed E-state index contributed by atoms with van der Waals surface area (Å²) in [5.74, 6) is -5.16. The first-order valence-electron chi connectivity index (χ1n) is 7.88. The fourth-order valence-corrected chi connectivity index (χ4v) is 2.44. The van der Waals surface area contributed by atoms with Gasteiger partial charge in [0.15, 0.2) is 0 Å². The molecule has 0 aromatic heterocycles. The Morgan fingerprint density at radius 2 is 1.29 bits per heavy atom. The van der Waals surface area contributed by atoms with Crippen LogP contribution < -0.4 is 5.32 Å². The summed E-state index contributed by atoms with van der Waals surface area (Å²) in [6, 6.07) is 10.1. The molecule has 28 heavy (non-hydrogen) atoms. The fraction of sp³-hybridized carbons (Fsp3) is 0.333. The fourth-order valence-electron chi connectivity index (χ4n) is 2.44. The molecule has 2 rings (SSSR count). The molecule has 2 nitrogen and oxygen atoms in total. The van der Waals surface area contributed by atoms with Crippen LogP contribution in [0.15, 0.2) is 54.6 Å². The molecule has 0 aliphatic rings. The number of alkyl halides is 8. The Kier molecular flexibility index (Phi) is 6.05. The van der Waals surface area contributed by atoms with E-state index in [1.165, 1.54) is 24.3 Å². The molecule has 0 spiro atoms. The van der Waals surface area contributed by atoms with Gasteiger partial charge in [0.2, 0.25) is 5.72 Å². The molecule has 154 valence electrons. The van der Waals surface area contributed by atoms with Crippen molar-refractivity contribution >= 4 is 0 Å². The summed E-state index contributed by atoms with van der Waals surface area (Å²) in [6.07, 6.45) is -11.9. The van der Waals surface area contributed by atoms with Crippen LogP contribution in [-0.2, 0) is 18.9 Å². The van der Waals surface area contributed by atoms with Crippen molar-refractivity contribution in [3.63, 3.8) is 0 Å². The first-order valence-corrected chi connectivity index (χ1v) is 7.88. The van der Waals surface area contributed by atoms with E-state index in [1.54, 1.807) is 6.07 Å². The minimum absolute atomic E-state index is 0.146. The van der Waals surface area contributed by atoms with E-state index in [0.29, 0.717) is 12.1 Å². The Morgan fingerprint density at radius 3 is 1.82 bits per heavy atom. The molecule has 0 aliphatic carbocycles. The predicted molar refractivity (Wildman–Crippen MR) is 84.4 cm³/mol. The second-order valence-corrected chi connectivity index (χ2v) is 6.15. The number of nitrogens with one attached hydrogen (secondary N) is 1. The zero-order valence-corrected chi connectivity index (χ0v) is 14.1. The highest BCUT2D eigenvalue weighted by atomic mass is 19.4. The van der Waals surface area contributed by atoms with Crippen molar-refractivity contribution in [2.45, 2.75) is 37.0 Å². The molecule has 2 N–H and O–H groups in total.